The van der Waals surface area contributed by atoms with Crippen molar-refractivity contribution in [3.05, 3.63) is 0 Å². The van der Waals surface area contributed by atoms with Crippen molar-refractivity contribution in [2.75, 3.05) is 38.4 Å². The summed E-state index contributed by atoms with van der Waals surface area (Å²) in [7, 11) is 5.02. The van der Waals surface area contributed by atoms with Gasteiger partial charge in [-0.25, -0.2) is 0 Å². The van der Waals surface area contributed by atoms with Gasteiger partial charge >= 0.3 is 6.01 Å². The van der Waals surface area contributed by atoms with Crippen LogP contribution >= 0.6 is 0 Å². The molecule has 0 aliphatic heterocycles. The van der Waals surface area contributed by atoms with Gasteiger partial charge in [0.2, 0.25) is 11.9 Å². The van der Waals surface area contributed by atoms with Gasteiger partial charge < -0.3 is 20.1 Å². The van der Waals surface area contributed by atoms with Gasteiger partial charge in [-0.15, -0.1) is 0 Å². The Hall–Kier alpha value is -1.63. The highest BCUT2D eigenvalue weighted by atomic mass is 16.5. The molecule has 0 radical (unpaired) electrons. The lowest BCUT2D eigenvalue weighted by Gasteiger charge is -2.40. The summed E-state index contributed by atoms with van der Waals surface area (Å²) in [4.78, 5) is 12.4. The average Bonchev–Trinajstić information content (AvgIpc) is 2.37. The summed E-state index contributed by atoms with van der Waals surface area (Å²) in [6.07, 6.45) is 3.34. The molecule has 0 unspecified atom stereocenters. The first-order valence-corrected chi connectivity index (χ1v) is 5.98. The lowest BCUT2D eigenvalue weighted by atomic mass is 9.80. The van der Waals surface area contributed by atoms with Crippen molar-refractivity contribution >= 4 is 11.9 Å². The minimum Gasteiger partial charge on any atom is -0.467 e. The molecule has 0 amide bonds. The molecule has 1 aliphatic rings. The first kappa shape index (κ1) is 12.8. The van der Waals surface area contributed by atoms with Crippen LogP contribution in [0.3, 0.4) is 0 Å². The van der Waals surface area contributed by atoms with Crippen LogP contribution in [-0.2, 0) is 4.74 Å². The van der Waals surface area contributed by atoms with Crippen LogP contribution in [0.1, 0.15) is 19.3 Å². The molecule has 0 aromatic carbocycles. The van der Waals surface area contributed by atoms with Crippen molar-refractivity contribution in [3.8, 4) is 6.01 Å². The average molecular weight is 253 g/mol. The van der Waals surface area contributed by atoms with E-state index in [0.717, 1.165) is 12.8 Å². The lowest BCUT2D eigenvalue weighted by molar-refractivity contribution is -0.0602. The highest BCUT2D eigenvalue weighted by molar-refractivity contribution is 5.35. The fourth-order valence-electron chi connectivity index (χ4n) is 1.90. The number of rotatable bonds is 6. The number of nitrogens with one attached hydrogen (secondary N) is 2. The fourth-order valence-corrected chi connectivity index (χ4v) is 1.90. The summed E-state index contributed by atoms with van der Waals surface area (Å²) >= 11 is 0. The minimum absolute atomic E-state index is 0.0698. The summed E-state index contributed by atoms with van der Waals surface area (Å²) < 4.78 is 10.6. The summed E-state index contributed by atoms with van der Waals surface area (Å²) in [5, 5.41) is 6.05. The molecule has 1 aliphatic carbocycles. The van der Waals surface area contributed by atoms with E-state index in [2.05, 4.69) is 25.6 Å². The standard InChI is InChI=1S/C11H19N5O2/c1-12-8-14-9(16-10(15-8)17-2)13-7-11(18-3)5-4-6-11/h4-7H2,1-3H3,(H2,12,13,14,15,16). The number of anilines is 2. The topological polar surface area (TPSA) is 81.2 Å². The third-order valence-electron chi connectivity index (χ3n) is 3.29. The van der Waals surface area contributed by atoms with Crippen LogP contribution in [0.15, 0.2) is 0 Å². The number of hydrogen-bond donors (Lipinski definition) is 2. The number of ether oxygens (including phenoxy) is 2. The van der Waals surface area contributed by atoms with Gasteiger partial charge in [0.15, 0.2) is 0 Å². The maximum atomic E-state index is 5.53. The Morgan fingerprint density at radius 3 is 2.39 bits per heavy atom. The highest BCUT2D eigenvalue weighted by Crippen LogP contribution is 2.34. The Bertz CT molecular complexity index is 381. The molecule has 0 saturated heterocycles. The Kier molecular flexibility index (Phi) is 3.81. The molecule has 0 spiro atoms. The van der Waals surface area contributed by atoms with Crippen LogP contribution in [0.25, 0.3) is 0 Å². The predicted molar refractivity (Wildman–Crippen MR) is 68.0 cm³/mol. The summed E-state index contributed by atoms with van der Waals surface area (Å²) in [6, 6.07) is 0.289. The van der Waals surface area contributed by atoms with E-state index >= 15 is 0 Å². The number of hydrogen-bond acceptors (Lipinski definition) is 7. The molecule has 1 saturated carbocycles. The third-order valence-corrected chi connectivity index (χ3v) is 3.29. The highest BCUT2D eigenvalue weighted by Gasteiger charge is 2.36. The molecular weight excluding hydrogens is 234 g/mol. The van der Waals surface area contributed by atoms with Crippen LogP contribution < -0.4 is 15.4 Å². The molecule has 7 nitrogen and oxygen atoms in total. The van der Waals surface area contributed by atoms with E-state index in [0.29, 0.717) is 18.4 Å². The minimum atomic E-state index is -0.0698. The number of methoxy groups -OCH3 is 2. The molecule has 0 atom stereocenters. The smallest absolute Gasteiger partial charge is 0.322 e. The molecule has 2 rings (SSSR count). The van der Waals surface area contributed by atoms with Crippen molar-refractivity contribution in [1.29, 1.82) is 0 Å². The SMILES string of the molecule is CNc1nc(NCC2(OC)CCC2)nc(OC)n1. The van der Waals surface area contributed by atoms with Gasteiger partial charge in [-0.1, -0.05) is 0 Å². The number of nitrogens with zero attached hydrogens (tertiary/aromatic N) is 3. The zero-order valence-electron chi connectivity index (χ0n) is 11.0. The van der Waals surface area contributed by atoms with E-state index < -0.39 is 0 Å². The van der Waals surface area contributed by atoms with E-state index in [1.165, 1.54) is 13.5 Å². The molecule has 100 valence electrons. The van der Waals surface area contributed by atoms with Gasteiger partial charge in [0.25, 0.3) is 0 Å². The van der Waals surface area contributed by atoms with Crippen LogP contribution in [-0.4, -0.2) is 48.4 Å². The second kappa shape index (κ2) is 5.34. The normalized spacial score (nSPS) is 16.8. The Morgan fingerprint density at radius 1 is 1.17 bits per heavy atom. The van der Waals surface area contributed by atoms with Crippen LogP contribution in [0.5, 0.6) is 6.01 Å². The molecule has 18 heavy (non-hydrogen) atoms. The van der Waals surface area contributed by atoms with Gasteiger partial charge in [0.1, 0.15) is 0 Å². The first-order chi connectivity index (χ1) is 8.71. The van der Waals surface area contributed by atoms with Crippen molar-refractivity contribution in [2.24, 2.45) is 0 Å². The van der Waals surface area contributed by atoms with Crippen LogP contribution in [0.4, 0.5) is 11.9 Å². The van der Waals surface area contributed by atoms with Gasteiger partial charge in [-0.3, -0.25) is 0 Å². The van der Waals surface area contributed by atoms with Crippen molar-refractivity contribution in [2.45, 2.75) is 24.9 Å². The fraction of sp³-hybridized carbons (Fsp3) is 0.727. The molecule has 2 N–H and O–H groups in total. The van der Waals surface area contributed by atoms with Crippen LogP contribution in [0.2, 0.25) is 0 Å². The molecule has 1 heterocycles. The molecule has 1 aromatic heterocycles. The van der Waals surface area contributed by atoms with Gasteiger partial charge in [0.05, 0.1) is 12.7 Å². The predicted octanol–water partition coefficient (Wildman–Crippen LogP) is 0.903. The lowest BCUT2D eigenvalue weighted by Crippen LogP contribution is -2.45. The van der Waals surface area contributed by atoms with E-state index in [1.807, 2.05) is 0 Å². The van der Waals surface area contributed by atoms with Crippen molar-refractivity contribution in [1.82, 2.24) is 15.0 Å². The molecule has 7 heteroatoms. The zero-order chi connectivity index (χ0) is 13.0. The summed E-state index contributed by atoms with van der Waals surface area (Å²) in [5.74, 6) is 0.971. The third kappa shape index (κ3) is 2.61. The quantitative estimate of drug-likeness (QED) is 0.779. The summed E-state index contributed by atoms with van der Waals surface area (Å²) in [6.45, 7) is 0.694. The maximum Gasteiger partial charge on any atom is 0.322 e. The van der Waals surface area contributed by atoms with E-state index in [4.69, 9.17) is 9.47 Å². The second-order valence-electron chi connectivity index (χ2n) is 4.31. The maximum absolute atomic E-state index is 5.53. The second-order valence-corrected chi connectivity index (χ2v) is 4.31. The van der Waals surface area contributed by atoms with E-state index in [9.17, 15) is 0 Å². The molecular formula is C11H19N5O2. The molecule has 1 aromatic rings. The van der Waals surface area contributed by atoms with Crippen LogP contribution in [0, 0.1) is 0 Å². The Balaban J connectivity index is 2.04. The van der Waals surface area contributed by atoms with E-state index in [1.54, 1.807) is 14.2 Å². The van der Waals surface area contributed by atoms with Crippen molar-refractivity contribution < 1.29 is 9.47 Å². The van der Waals surface area contributed by atoms with Gasteiger partial charge in [-0.05, 0) is 19.3 Å². The van der Waals surface area contributed by atoms with Gasteiger partial charge in [-0.2, -0.15) is 15.0 Å². The molecule has 1 fully saturated rings. The first-order valence-electron chi connectivity index (χ1n) is 5.98. The largest absolute Gasteiger partial charge is 0.467 e. The van der Waals surface area contributed by atoms with Crippen molar-refractivity contribution in [3.63, 3.8) is 0 Å². The Morgan fingerprint density at radius 2 is 1.89 bits per heavy atom. The summed E-state index contributed by atoms with van der Waals surface area (Å²) in [5.41, 5.74) is -0.0698. The van der Waals surface area contributed by atoms with E-state index in [-0.39, 0.29) is 11.6 Å². The Labute approximate surface area is 106 Å². The monoisotopic (exact) mass is 253 g/mol. The molecule has 0 bridgehead atoms. The number of aromatic nitrogens is 3. The zero-order valence-corrected chi connectivity index (χ0v) is 11.0. The van der Waals surface area contributed by atoms with Gasteiger partial charge in [0, 0.05) is 20.7 Å².